The number of hydrogen-bond acceptors (Lipinski definition) is 5. The Morgan fingerprint density at radius 2 is 2.13 bits per heavy atom. The van der Waals surface area contributed by atoms with Gasteiger partial charge in [-0.15, -0.1) is 0 Å². The second-order valence-electron chi connectivity index (χ2n) is 5.29. The Kier molecular flexibility index (Phi) is 5.64. The lowest BCUT2D eigenvalue weighted by Gasteiger charge is -2.22. The van der Waals surface area contributed by atoms with Crippen LogP contribution in [-0.2, 0) is 6.54 Å². The number of aromatic nitrogens is 2. The summed E-state index contributed by atoms with van der Waals surface area (Å²) in [6, 6.07) is 9.28. The van der Waals surface area contributed by atoms with E-state index in [4.69, 9.17) is 5.26 Å². The predicted molar refractivity (Wildman–Crippen MR) is 87.8 cm³/mol. The normalized spacial score (nSPS) is 9.96. The molecule has 0 radical (unpaired) electrons. The van der Waals surface area contributed by atoms with Crippen LogP contribution in [0.5, 0.6) is 0 Å². The van der Waals surface area contributed by atoms with Gasteiger partial charge in [0.05, 0.1) is 12.5 Å². The highest BCUT2D eigenvalue weighted by Gasteiger charge is 2.17. The highest BCUT2D eigenvalue weighted by molar-refractivity contribution is 5.94. The molecular weight excluding hydrogens is 290 g/mol. The summed E-state index contributed by atoms with van der Waals surface area (Å²) in [6.07, 6.45) is 5.33. The molecule has 0 aliphatic carbocycles. The number of amides is 1. The Morgan fingerprint density at radius 3 is 2.78 bits per heavy atom. The number of nitriles is 1. The average Bonchev–Trinajstić information content (AvgIpc) is 2.59. The van der Waals surface area contributed by atoms with Gasteiger partial charge in [-0.25, -0.2) is 4.98 Å². The summed E-state index contributed by atoms with van der Waals surface area (Å²) in [5.74, 6) is 0.604. The Morgan fingerprint density at radius 1 is 1.30 bits per heavy atom. The third-order valence-corrected chi connectivity index (χ3v) is 3.33. The molecule has 0 unspecified atom stereocenters. The highest BCUT2D eigenvalue weighted by Crippen LogP contribution is 2.14. The molecule has 0 aliphatic heterocycles. The first-order chi connectivity index (χ1) is 11.1. The molecule has 23 heavy (non-hydrogen) atoms. The van der Waals surface area contributed by atoms with E-state index in [-0.39, 0.29) is 12.3 Å². The first-order valence-electron chi connectivity index (χ1n) is 7.30. The molecule has 0 aliphatic rings. The van der Waals surface area contributed by atoms with Gasteiger partial charge in [0.1, 0.15) is 5.82 Å². The summed E-state index contributed by atoms with van der Waals surface area (Å²) < 4.78 is 0. The lowest BCUT2D eigenvalue weighted by molar-refractivity contribution is 0.0746. The average molecular weight is 309 g/mol. The molecule has 2 heterocycles. The van der Waals surface area contributed by atoms with Gasteiger partial charge < -0.3 is 9.80 Å². The lowest BCUT2D eigenvalue weighted by atomic mass is 10.2. The van der Waals surface area contributed by atoms with E-state index in [1.54, 1.807) is 35.6 Å². The van der Waals surface area contributed by atoms with Gasteiger partial charge >= 0.3 is 0 Å². The van der Waals surface area contributed by atoms with E-state index in [9.17, 15) is 4.79 Å². The second kappa shape index (κ2) is 7.90. The van der Waals surface area contributed by atoms with Gasteiger partial charge in [0.2, 0.25) is 0 Å². The SMILES string of the molecule is CN(C)c1cc(C(=O)N(CCC#N)Cc2cccnc2)ccn1. The summed E-state index contributed by atoms with van der Waals surface area (Å²) in [5, 5.41) is 8.83. The van der Waals surface area contributed by atoms with Gasteiger partial charge in [-0.1, -0.05) is 6.07 Å². The van der Waals surface area contributed by atoms with Crippen LogP contribution in [0.15, 0.2) is 42.9 Å². The van der Waals surface area contributed by atoms with E-state index in [2.05, 4.69) is 16.0 Å². The van der Waals surface area contributed by atoms with Gasteiger partial charge in [-0.3, -0.25) is 9.78 Å². The van der Waals surface area contributed by atoms with Crippen LogP contribution in [0, 0.1) is 11.3 Å². The molecule has 0 atom stereocenters. The monoisotopic (exact) mass is 309 g/mol. The van der Waals surface area contributed by atoms with Gasteiger partial charge in [0, 0.05) is 51.3 Å². The zero-order valence-corrected chi connectivity index (χ0v) is 13.3. The fraction of sp³-hybridized carbons (Fsp3) is 0.294. The maximum atomic E-state index is 12.8. The van der Waals surface area contributed by atoms with Gasteiger partial charge in [-0.2, -0.15) is 5.26 Å². The molecule has 2 aromatic rings. The van der Waals surface area contributed by atoms with E-state index in [1.165, 1.54) is 0 Å². The lowest BCUT2D eigenvalue weighted by Crippen LogP contribution is -2.31. The van der Waals surface area contributed by atoms with Crippen LogP contribution >= 0.6 is 0 Å². The van der Waals surface area contributed by atoms with Crippen molar-refractivity contribution in [3.05, 3.63) is 54.0 Å². The van der Waals surface area contributed by atoms with Crippen molar-refractivity contribution in [3.63, 3.8) is 0 Å². The van der Waals surface area contributed by atoms with E-state index >= 15 is 0 Å². The van der Waals surface area contributed by atoms with Gasteiger partial charge in [-0.05, 0) is 23.8 Å². The topological polar surface area (TPSA) is 73.1 Å². The number of carbonyl (C=O) groups is 1. The molecule has 0 bridgehead atoms. The molecule has 6 nitrogen and oxygen atoms in total. The summed E-state index contributed by atoms with van der Waals surface area (Å²) >= 11 is 0. The Balaban J connectivity index is 2.22. The molecule has 1 amide bonds. The number of rotatable bonds is 6. The summed E-state index contributed by atoms with van der Waals surface area (Å²) in [6.45, 7) is 0.803. The molecule has 118 valence electrons. The molecule has 6 heteroatoms. The molecule has 2 rings (SSSR count). The Hall–Kier alpha value is -2.94. The van der Waals surface area contributed by atoms with Crippen LogP contribution in [0.1, 0.15) is 22.3 Å². The summed E-state index contributed by atoms with van der Waals surface area (Å²) in [5.41, 5.74) is 1.49. The van der Waals surface area contributed by atoms with Crippen molar-refractivity contribution in [3.8, 4) is 6.07 Å². The van der Waals surface area contributed by atoms with E-state index < -0.39 is 0 Å². The zero-order valence-electron chi connectivity index (χ0n) is 13.3. The number of pyridine rings is 2. The number of anilines is 1. The fourth-order valence-electron chi connectivity index (χ4n) is 2.13. The first-order valence-corrected chi connectivity index (χ1v) is 7.30. The molecule has 0 N–H and O–H groups in total. The summed E-state index contributed by atoms with van der Waals surface area (Å²) in [7, 11) is 3.75. The molecule has 0 saturated carbocycles. The third-order valence-electron chi connectivity index (χ3n) is 3.33. The Labute approximate surface area is 136 Å². The number of hydrogen-bond donors (Lipinski definition) is 0. The van der Waals surface area contributed by atoms with E-state index in [1.807, 2.05) is 31.1 Å². The molecule has 0 aromatic carbocycles. The van der Waals surface area contributed by atoms with Crippen LogP contribution < -0.4 is 4.90 Å². The third kappa shape index (κ3) is 4.51. The zero-order chi connectivity index (χ0) is 16.7. The van der Waals surface area contributed by atoms with Crippen LogP contribution in [0.4, 0.5) is 5.82 Å². The molecule has 0 saturated heterocycles. The number of carbonyl (C=O) groups excluding carboxylic acids is 1. The fourth-order valence-corrected chi connectivity index (χ4v) is 2.13. The minimum atomic E-state index is -0.116. The molecule has 0 spiro atoms. The molecular formula is C17H19N5O. The van der Waals surface area contributed by atoms with Gasteiger partial charge in [0.25, 0.3) is 5.91 Å². The van der Waals surface area contributed by atoms with Crippen molar-refractivity contribution >= 4 is 11.7 Å². The van der Waals surface area contributed by atoms with Crippen molar-refractivity contribution < 1.29 is 4.79 Å². The minimum absolute atomic E-state index is 0.116. The smallest absolute Gasteiger partial charge is 0.254 e. The van der Waals surface area contributed by atoms with Crippen LogP contribution in [0.3, 0.4) is 0 Å². The summed E-state index contributed by atoms with van der Waals surface area (Å²) in [4.78, 5) is 24.6. The van der Waals surface area contributed by atoms with E-state index in [0.29, 0.717) is 18.7 Å². The minimum Gasteiger partial charge on any atom is -0.363 e. The van der Waals surface area contributed by atoms with Crippen molar-refractivity contribution in [1.29, 1.82) is 5.26 Å². The van der Waals surface area contributed by atoms with E-state index in [0.717, 1.165) is 11.4 Å². The van der Waals surface area contributed by atoms with Crippen molar-refractivity contribution in [1.82, 2.24) is 14.9 Å². The van der Waals surface area contributed by atoms with Crippen molar-refractivity contribution in [2.75, 3.05) is 25.5 Å². The van der Waals surface area contributed by atoms with Crippen molar-refractivity contribution in [2.24, 2.45) is 0 Å². The van der Waals surface area contributed by atoms with Crippen LogP contribution in [-0.4, -0.2) is 41.4 Å². The Bertz CT molecular complexity index is 694. The van der Waals surface area contributed by atoms with Crippen molar-refractivity contribution in [2.45, 2.75) is 13.0 Å². The quantitative estimate of drug-likeness (QED) is 0.817. The second-order valence-corrected chi connectivity index (χ2v) is 5.29. The number of nitrogens with zero attached hydrogens (tertiary/aromatic N) is 5. The standard InChI is InChI=1S/C17H19N5O/c1-21(2)16-11-15(6-9-20-16)17(23)22(10-4-7-18)13-14-5-3-8-19-12-14/h3,5-6,8-9,11-12H,4,10,13H2,1-2H3. The van der Waals surface area contributed by atoms with Crippen LogP contribution in [0.25, 0.3) is 0 Å². The van der Waals surface area contributed by atoms with Gasteiger partial charge in [0.15, 0.2) is 0 Å². The molecule has 0 fully saturated rings. The first kappa shape index (κ1) is 16.4. The maximum Gasteiger partial charge on any atom is 0.254 e. The van der Waals surface area contributed by atoms with Crippen LogP contribution in [0.2, 0.25) is 0 Å². The predicted octanol–water partition coefficient (Wildman–Crippen LogP) is 2.10. The highest BCUT2D eigenvalue weighted by atomic mass is 16.2. The molecule has 2 aromatic heterocycles. The maximum absolute atomic E-state index is 12.8. The largest absolute Gasteiger partial charge is 0.363 e.